The van der Waals surface area contributed by atoms with Crippen LogP contribution in [0.4, 0.5) is 13.2 Å². The predicted molar refractivity (Wildman–Crippen MR) is 86.3 cm³/mol. The van der Waals surface area contributed by atoms with E-state index in [0.717, 1.165) is 37.2 Å². The van der Waals surface area contributed by atoms with E-state index in [0.29, 0.717) is 11.7 Å². The van der Waals surface area contributed by atoms with Crippen LogP contribution in [0.2, 0.25) is 0 Å². The third-order valence-electron chi connectivity index (χ3n) is 4.62. The highest BCUT2D eigenvalue weighted by Crippen LogP contribution is 2.29. The second-order valence-corrected chi connectivity index (χ2v) is 6.31. The summed E-state index contributed by atoms with van der Waals surface area (Å²) >= 11 is 0. The molecule has 1 unspecified atom stereocenters. The maximum atomic E-state index is 12.7. The molecule has 3 aromatic rings. The zero-order valence-electron chi connectivity index (χ0n) is 13.4. The molecule has 0 amide bonds. The molecule has 1 aliphatic rings. The van der Waals surface area contributed by atoms with E-state index in [1.54, 1.807) is 4.68 Å². The van der Waals surface area contributed by atoms with Gasteiger partial charge in [0, 0.05) is 17.9 Å². The Bertz CT molecular complexity index is 867. The Morgan fingerprint density at radius 2 is 1.76 bits per heavy atom. The van der Waals surface area contributed by atoms with Crippen molar-refractivity contribution in [2.75, 3.05) is 0 Å². The zero-order chi connectivity index (χ0) is 17.4. The molecule has 2 aromatic carbocycles. The molecule has 1 atom stereocenters. The van der Waals surface area contributed by atoms with Crippen molar-refractivity contribution >= 4 is 0 Å². The van der Waals surface area contributed by atoms with Gasteiger partial charge >= 0.3 is 6.18 Å². The molecular weight excluding hydrogens is 327 g/mol. The fourth-order valence-corrected chi connectivity index (χ4v) is 3.32. The molecule has 25 heavy (non-hydrogen) atoms. The molecular formula is C19H17F3N3+. The maximum absolute atomic E-state index is 12.7. The summed E-state index contributed by atoms with van der Waals surface area (Å²) in [5.41, 5.74) is 1.26. The molecule has 6 heteroatoms. The van der Waals surface area contributed by atoms with Crippen LogP contribution in [0.15, 0.2) is 60.9 Å². The molecule has 1 aliphatic heterocycles. The van der Waals surface area contributed by atoms with E-state index in [-0.39, 0.29) is 0 Å². The summed E-state index contributed by atoms with van der Waals surface area (Å²) in [4.78, 5) is 0. The summed E-state index contributed by atoms with van der Waals surface area (Å²) in [5, 5.41) is 4.54. The van der Waals surface area contributed by atoms with Crippen LogP contribution in [-0.2, 0) is 19.0 Å². The van der Waals surface area contributed by atoms with E-state index in [1.807, 2.05) is 24.5 Å². The number of alkyl halides is 3. The standard InChI is InChI=1S/C19H17F3N3/c20-19(21,22)15-6-8-16(9-7-15)25-13-24-17(10-11-18(24)23-25)12-14-4-2-1-3-5-14/h1-9,13,17H,10-12H2/q+1. The summed E-state index contributed by atoms with van der Waals surface area (Å²) in [7, 11) is 0. The summed E-state index contributed by atoms with van der Waals surface area (Å²) in [5.74, 6) is 0.973. The first-order chi connectivity index (χ1) is 12.0. The van der Waals surface area contributed by atoms with E-state index < -0.39 is 11.7 Å². The molecule has 4 rings (SSSR count). The molecule has 128 valence electrons. The fourth-order valence-electron chi connectivity index (χ4n) is 3.32. The molecule has 1 aromatic heterocycles. The van der Waals surface area contributed by atoms with Crippen LogP contribution in [0.25, 0.3) is 5.69 Å². The topological polar surface area (TPSA) is 21.7 Å². The van der Waals surface area contributed by atoms with Gasteiger partial charge in [0.25, 0.3) is 5.82 Å². The molecule has 0 N–H and O–H groups in total. The van der Waals surface area contributed by atoms with Gasteiger partial charge in [-0.15, -0.1) is 0 Å². The first-order valence-electron chi connectivity index (χ1n) is 8.22. The zero-order valence-corrected chi connectivity index (χ0v) is 13.4. The van der Waals surface area contributed by atoms with E-state index in [4.69, 9.17) is 0 Å². The number of hydrogen-bond acceptors (Lipinski definition) is 1. The number of benzene rings is 2. The van der Waals surface area contributed by atoms with Gasteiger partial charge in [0.05, 0.1) is 11.6 Å². The monoisotopic (exact) mass is 344 g/mol. The van der Waals surface area contributed by atoms with Gasteiger partial charge in [-0.3, -0.25) is 0 Å². The van der Waals surface area contributed by atoms with E-state index in [1.165, 1.54) is 17.7 Å². The Balaban J connectivity index is 1.57. The first kappa shape index (κ1) is 15.9. The van der Waals surface area contributed by atoms with Crippen molar-refractivity contribution in [2.45, 2.75) is 31.5 Å². The van der Waals surface area contributed by atoms with E-state index in [2.05, 4.69) is 21.8 Å². The minimum Gasteiger partial charge on any atom is -0.231 e. The predicted octanol–water partition coefficient (Wildman–Crippen LogP) is 3.91. The van der Waals surface area contributed by atoms with Crippen molar-refractivity contribution in [2.24, 2.45) is 0 Å². The van der Waals surface area contributed by atoms with Gasteiger partial charge in [0.1, 0.15) is 5.69 Å². The van der Waals surface area contributed by atoms with Crippen LogP contribution in [-0.4, -0.2) is 9.78 Å². The molecule has 0 saturated heterocycles. The fraction of sp³-hybridized carbons (Fsp3) is 0.263. The lowest BCUT2D eigenvalue weighted by molar-refractivity contribution is -0.716. The number of aryl methyl sites for hydroxylation is 1. The Morgan fingerprint density at radius 3 is 2.44 bits per heavy atom. The second kappa shape index (κ2) is 6.02. The molecule has 0 aliphatic carbocycles. The van der Waals surface area contributed by atoms with Crippen LogP contribution in [0, 0.1) is 0 Å². The van der Waals surface area contributed by atoms with Gasteiger partial charge in [-0.2, -0.15) is 13.2 Å². The average molecular weight is 344 g/mol. The van der Waals surface area contributed by atoms with E-state index in [9.17, 15) is 13.2 Å². The van der Waals surface area contributed by atoms with Crippen molar-refractivity contribution in [1.29, 1.82) is 0 Å². The van der Waals surface area contributed by atoms with Crippen LogP contribution in [0.3, 0.4) is 0 Å². The quantitative estimate of drug-likeness (QED) is 0.660. The number of halogens is 3. The molecule has 0 saturated carbocycles. The van der Waals surface area contributed by atoms with Gasteiger partial charge in [0.2, 0.25) is 6.33 Å². The molecule has 2 heterocycles. The van der Waals surface area contributed by atoms with Gasteiger partial charge < -0.3 is 0 Å². The van der Waals surface area contributed by atoms with Crippen LogP contribution in [0.1, 0.15) is 29.4 Å². The van der Waals surface area contributed by atoms with Crippen molar-refractivity contribution in [3.8, 4) is 5.69 Å². The lowest BCUT2D eigenvalue weighted by Crippen LogP contribution is -2.37. The van der Waals surface area contributed by atoms with Crippen molar-refractivity contribution < 1.29 is 17.7 Å². The number of fused-ring (bicyclic) bond motifs is 1. The minimum atomic E-state index is -4.32. The Hall–Kier alpha value is -2.63. The summed E-state index contributed by atoms with van der Waals surface area (Å²) in [6.45, 7) is 0. The maximum Gasteiger partial charge on any atom is 0.416 e. The second-order valence-electron chi connectivity index (χ2n) is 6.31. The van der Waals surface area contributed by atoms with Gasteiger partial charge in [-0.25, -0.2) is 4.57 Å². The molecule has 0 bridgehead atoms. The van der Waals surface area contributed by atoms with Crippen molar-refractivity contribution in [3.05, 3.63) is 77.9 Å². The highest BCUT2D eigenvalue weighted by Gasteiger charge is 2.33. The normalized spacial score (nSPS) is 16.8. The Labute approximate surface area is 143 Å². The van der Waals surface area contributed by atoms with Crippen LogP contribution < -0.4 is 4.57 Å². The lowest BCUT2D eigenvalue weighted by atomic mass is 10.0. The minimum absolute atomic E-state index is 0.334. The Morgan fingerprint density at radius 1 is 1.04 bits per heavy atom. The highest BCUT2D eigenvalue weighted by molar-refractivity contribution is 5.34. The third-order valence-corrected chi connectivity index (χ3v) is 4.62. The largest absolute Gasteiger partial charge is 0.416 e. The average Bonchev–Trinajstić information content (AvgIpc) is 3.17. The highest BCUT2D eigenvalue weighted by atomic mass is 19.4. The van der Waals surface area contributed by atoms with Gasteiger partial charge in [0.15, 0.2) is 0 Å². The summed E-state index contributed by atoms with van der Waals surface area (Å²) in [6.07, 6.45) is 0.409. The van der Waals surface area contributed by atoms with E-state index >= 15 is 0 Å². The Kier molecular flexibility index (Phi) is 3.82. The van der Waals surface area contributed by atoms with Gasteiger partial charge in [-0.1, -0.05) is 35.0 Å². The number of aromatic nitrogens is 3. The van der Waals surface area contributed by atoms with Gasteiger partial charge in [-0.05, 0) is 36.2 Å². The molecule has 0 fully saturated rings. The smallest absolute Gasteiger partial charge is 0.231 e. The number of nitrogens with zero attached hydrogens (tertiary/aromatic N) is 3. The van der Waals surface area contributed by atoms with Crippen LogP contribution in [0.5, 0.6) is 0 Å². The number of hydrogen-bond donors (Lipinski definition) is 0. The molecule has 0 spiro atoms. The molecule has 3 nitrogen and oxygen atoms in total. The number of rotatable bonds is 3. The van der Waals surface area contributed by atoms with Crippen molar-refractivity contribution in [1.82, 2.24) is 9.78 Å². The third kappa shape index (κ3) is 3.16. The lowest BCUT2D eigenvalue weighted by Gasteiger charge is -2.08. The molecule has 0 radical (unpaired) electrons. The summed E-state index contributed by atoms with van der Waals surface area (Å²) in [6, 6.07) is 15.7. The SMILES string of the molecule is FC(F)(F)c1ccc(-n2c[n+]3c(n2)CCC3Cc2ccccc2)cc1. The van der Waals surface area contributed by atoms with Crippen LogP contribution >= 0.6 is 0 Å². The first-order valence-corrected chi connectivity index (χ1v) is 8.22. The summed E-state index contributed by atoms with van der Waals surface area (Å²) < 4.78 is 41.9. The van der Waals surface area contributed by atoms with Crippen molar-refractivity contribution in [3.63, 3.8) is 0 Å².